The molecule has 130 valence electrons. The Morgan fingerprint density at radius 1 is 1.24 bits per heavy atom. The molecule has 3 heterocycles. The second-order valence-electron chi connectivity index (χ2n) is 6.28. The molecule has 25 heavy (non-hydrogen) atoms. The Hall–Kier alpha value is -2.54. The van der Waals surface area contributed by atoms with Crippen LogP contribution in [0.4, 0.5) is 10.2 Å². The number of hydrogen-bond donors (Lipinski definition) is 0. The zero-order valence-electron chi connectivity index (χ0n) is 13.8. The van der Waals surface area contributed by atoms with Gasteiger partial charge in [0, 0.05) is 19.6 Å². The van der Waals surface area contributed by atoms with Crippen LogP contribution in [0.2, 0.25) is 0 Å². The number of rotatable bonds is 2. The van der Waals surface area contributed by atoms with Crippen molar-refractivity contribution in [2.75, 3.05) is 31.1 Å². The molecular weight excluding hydrogens is 323 g/mol. The molecule has 0 spiro atoms. The number of carbonyl (C=O) groups is 1. The SMILES string of the molecule is O=C(C1CN(c2ncncc2F)CCO1)N1CCc2ccccc2C1. The van der Waals surface area contributed by atoms with Crippen LogP contribution in [-0.4, -0.2) is 53.1 Å². The van der Waals surface area contributed by atoms with Crippen LogP contribution >= 0.6 is 0 Å². The summed E-state index contributed by atoms with van der Waals surface area (Å²) in [5.41, 5.74) is 2.47. The average Bonchev–Trinajstić information content (AvgIpc) is 2.67. The number of fused-ring (bicyclic) bond motifs is 1. The van der Waals surface area contributed by atoms with Gasteiger partial charge in [0.15, 0.2) is 17.7 Å². The van der Waals surface area contributed by atoms with Crippen molar-refractivity contribution in [3.8, 4) is 0 Å². The number of amides is 1. The molecule has 0 bridgehead atoms. The third-order valence-electron chi connectivity index (χ3n) is 4.73. The fraction of sp³-hybridized carbons (Fsp3) is 0.389. The first kappa shape index (κ1) is 16.0. The second-order valence-corrected chi connectivity index (χ2v) is 6.28. The first-order chi connectivity index (χ1) is 12.2. The van der Waals surface area contributed by atoms with Crippen molar-refractivity contribution in [2.45, 2.75) is 19.1 Å². The zero-order chi connectivity index (χ0) is 17.2. The molecule has 4 rings (SSSR count). The first-order valence-electron chi connectivity index (χ1n) is 8.40. The molecule has 1 fully saturated rings. The van der Waals surface area contributed by atoms with Gasteiger partial charge in [-0.1, -0.05) is 24.3 Å². The Morgan fingerprint density at radius 3 is 2.92 bits per heavy atom. The maximum Gasteiger partial charge on any atom is 0.253 e. The molecule has 1 atom stereocenters. The summed E-state index contributed by atoms with van der Waals surface area (Å²) in [6, 6.07) is 8.17. The molecule has 2 aliphatic heterocycles. The molecule has 1 aromatic heterocycles. The lowest BCUT2D eigenvalue weighted by Gasteiger charge is -2.37. The summed E-state index contributed by atoms with van der Waals surface area (Å²) in [5.74, 6) is -0.309. The molecule has 0 saturated carbocycles. The van der Waals surface area contributed by atoms with E-state index in [0.717, 1.165) is 12.6 Å². The standard InChI is InChI=1S/C18H19FN4O2/c19-15-9-20-12-21-17(15)22-7-8-25-16(11-22)18(24)23-6-5-13-3-1-2-4-14(13)10-23/h1-4,9,12,16H,5-8,10-11H2. The Morgan fingerprint density at radius 2 is 2.08 bits per heavy atom. The predicted molar refractivity (Wildman–Crippen MR) is 89.5 cm³/mol. The van der Waals surface area contributed by atoms with Crippen LogP contribution in [0, 0.1) is 5.82 Å². The quantitative estimate of drug-likeness (QED) is 0.826. The Balaban J connectivity index is 1.47. The van der Waals surface area contributed by atoms with E-state index in [9.17, 15) is 9.18 Å². The van der Waals surface area contributed by atoms with E-state index in [2.05, 4.69) is 22.1 Å². The van der Waals surface area contributed by atoms with Gasteiger partial charge in [-0.3, -0.25) is 4.79 Å². The normalized spacial score (nSPS) is 20.3. The Kier molecular flexibility index (Phi) is 4.31. The Bertz CT molecular complexity index is 785. The number of ether oxygens (including phenoxy) is 1. The largest absolute Gasteiger partial charge is 0.365 e. The van der Waals surface area contributed by atoms with E-state index in [1.807, 2.05) is 17.0 Å². The number of aromatic nitrogens is 2. The third-order valence-corrected chi connectivity index (χ3v) is 4.73. The maximum absolute atomic E-state index is 13.9. The molecule has 7 heteroatoms. The molecule has 1 aromatic carbocycles. The van der Waals surface area contributed by atoms with Crippen molar-refractivity contribution in [3.63, 3.8) is 0 Å². The van der Waals surface area contributed by atoms with Gasteiger partial charge in [-0.15, -0.1) is 0 Å². The van der Waals surface area contributed by atoms with Crippen LogP contribution in [0.3, 0.4) is 0 Å². The summed E-state index contributed by atoms with van der Waals surface area (Å²) in [7, 11) is 0. The van der Waals surface area contributed by atoms with E-state index in [0.29, 0.717) is 32.8 Å². The number of benzene rings is 1. The van der Waals surface area contributed by atoms with Crippen molar-refractivity contribution in [1.29, 1.82) is 0 Å². The Labute approximate surface area is 145 Å². The van der Waals surface area contributed by atoms with Gasteiger partial charge in [-0.2, -0.15) is 0 Å². The van der Waals surface area contributed by atoms with E-state index in [1.54, 1.807) is 4.90 Å². The minimum atomic E-state index is -0.603. The topological polar surface area (TPSA) is 58.6 Å². The summed E-state index contributed by atoms with van der Waals surface area (Å²) in [6.07, 6.45) is 2.69. The van der Waals surface area contributed by atoms with E-state index < -0.39 is 11.9 Å². The fourth-order valence-electron chi connectivity index (χ4n) is 3.42. The summed E-state index contributed by atoms with van der Waals surface area (Å²) >= 11 is 0. The van der Waals surface area contributed by atoms with E-state index in [-0.39, 0.29) is 11.7 Å². The number of nitrogens with zero attached hydrogens (tertiary/aromatic N) is 4. The van der Waals surface area contributed by atoms with Crippen LogP contribution in [-0.2, 0) is 22.5 Å². The number of carbonyl (C=O) groups excluding carboxylic acids is 1. The first-order valence-corrected chi connectivity index (χ1v) is 8.40. The maximum atomic E-state index is 13.9. The summed E-state index contributed by atoms with van der Waals surface area (Å²) in [6.45, 7) is 2.43. The zero-order valence-corrected chi connectivity index (χ0v) is 13.8. The smallest absolute Gasteiger partial charge is 0.253 e. The highest BCUT2D eigenvalue weighted by Crippen LogP contribution is 2.22. The fourth-order valence-corrected chi connectivity index (χ4v) is 3.42. The number of halogens is 1. The molecule has 2 aliphatic rings. The lowest BCUT2D eigenvalue weighted by atomic mass is 9.99. The molecule has 6 nitrogen and oxygen atoms in total. The van der Waals surface area contributed by atoms with Crippen LogP contribution in [0.25, 0.3) is 0 Å². The molecule has 1 unspecified atom stereocenters. The van der Waals surface area contributed by atoms with Gasteiger partial charge < -0.3 is 14.5 Å². The molecule has 0 aliphatic carbocycles. The van der Waals surface area contributed by atoms with Gasteiger partial charge in [0.05, 0.1) is 19.3 Å². The van der Waals surface area contributed by atoms with Gasteiger partial charge in [0.1, 0.15) is 6.33 Å². The van der Waals surface area contributed by atoms with E-state index in [4.69, 9.17) is 4.74 Å². The molecule has 0 radical (unpaired) electrons. The molecule has 1 saturated heterocycles. The van der Waals surface area contributed by atoms with Crippen molar-refractivity contribution < 1.29 is 13.9 Å². The molecule has 0 N–H and O–H groups in total. The number of anilines is 1. The molecule has 2 aromatic rings. The van der Waals surface area contributed by atoms with Gasteiger partial charge in [-0.25, -0.2) is 14.4 Å². The monoisotopic (exact) mass is 342 g/mol. The van der Waals surface area contributed by atoms with Gasteiger partial charge >= 0.3 is 0 Å². The summed E-state index contributed by atoms with van der Waals surface area (Å²) < 4.78 is 19.6. The van der Waals surface area contributed by atoms with Crippen molar-refractivity contribution in [2.24, 2.45) is 0 Å². The van der Waals surface area contributed by atoms with Crippen molar-refractivity contribution in [1.82, 2.24) is 14.9 Å². The highest BCUT2D eigenvalue weighted by atomic mass is 19.1. The molecular formula is C18H19FN4O2. The van der Waals surface area contributed by atoms with Gasteiger partial charge in [0.25, 0.3) is 5.91 Å². The predicted octanol–water partition coefficient (Wildman–Crippen LogP) is 1.41. The van der Waals surface area contributed by atoms with Crippen LogP contribution in [0.1, 0.15) is 11.1 Å². The highest BCUT2D eigenvalue weighted by molar-refractivity contribution is 5.82. The lowest BCUT2D eigenvalue weighted by molar-refractivity contribution is -0.145. The van der Waals surface area contributed by atoms with Gasteiger partial charge in [-0.05, 0) is 17.5 Å². The minimum Gasteiger partial charge on any atom is -0.365 e. The van der Waals surface area contributed by atoms with Crippen LogP contribution in [0.5, 0.6) is 0 Å². The average molecular weight is 342 g/mol. The van der Waals surface area contributed by atoms with E-state index in [1.165, 1.54) is 17.5 Å². The van der Waals surface area contributed by atoms with Crippen LogP contribution in [0.15, 0.2) is 36.8 Å². The summed E-state index contributed by atoms with van der Waals surface area (Å²) in [5, 5.41) is 0. The van der Waals surface area contributed by atoms with Gasteiger partial charge in [0.2, 0.25) is 0 Å². The second kappa shape index (κ2) is 6.76. The third kappa shape index (κ3) is 3.19. The van der Waals surface area contributed by atoms with E-state index >= 15 is 0 Å². The lowest BCUT2D eigenvalue weighted by Crippen LogP contribution is -2.52. The number of hydrogen-bond acceptors (Lipinski definition) is 5. The van der Waals surface area contributed by atoms with Crippen LogP contribution < -0.4 is 4.90 Å². The van der Waals surface area contributed by atoms with Crippen molar-refractivity contribution >= 4 is 11.7 Å². The number of morpholine rings is 1. The highest BCUT2D eigenvalue weighted by Gasteiger charge is 2.33. The molecule has 1 amide bonds. The summed E-state index contributed by atoms with van der Waals surface area (Å²) in [4.78, 5) is 24.1. The minimum absolute atomic E-state index is 0.0475. The van der Waals surface area contributed by atoms with Crippen molar-refractivity contribution in [3.05, 3.63) is 53.7 Å².